The number of nitrogens with one attached hydrogen (secondary N) is 1. The van der Waals surface area contributed by atoms with Crippen molar-refractivity contribution in [3.63, 3.8) is 0 Å². The Kier molecular flexibility index (Phi) is 6.52. The minimum Gasteiger partial charge on any atom is -0.493 e. The summed E-state index contributed by atoms with van der Waals surface area (Å²) in [4.78, 5) is 16.0. The van der Waals surface area contributed by atoms with E-state index in [1.54, 1.807) is 17.0 Å². The van der Waals surface area contributed by atoms with Gasteiger partial charge < -0.3 is 19.9 Å². The van der Waals surface area contributed by atoms with Crippen LogP contribution in [0.4, 0.5) is 14.9 Å². The number of carbonyl (C=O) groups excluding carboxylic acids is 1. The molecule has 1 heterocycles. The van der Waals surface area contributed by atoms with Gasteiger partial charge in [0.15, 0.2) is 0 Å². The monoisotopic (exact) mass is 371 g/mol. The molecule has 6 heteroatoms. The summed E-state index contributed by atoms with van der Waals surface area (Å²) in [6, 6.07) is 14.6. The Morgan fingerprint density at radius 2 is 1.78 bits per heavy atom. The molecular weight excluding hydrogens is 345 g/mol. The van der Waals surface area contributed by atoms with E-state index < -0.39 is 0 Å². The van der Waals surface area contributed by atoms with Gasteiger partial charge >= 0.3 is 6.03 Å². The summed E-state index contributed by atoms with van der Waals surface area (Å²) in [5.41, 5.74) is 1.71. The van der Waals surface area contributed by atoms with Crippen LogP contribution < -0.4 is 15.0 Å². The lowest BCUT2D eigenvalue weighted by molar-refractivity contribution is 0.193. The van der Waals surface area contributed by atoms with E-state index in [0.717, 1.165) is 17.7 Å². The molecule has 0 radical (unpaired) electrons. The fourth-order valence-electron chi connectivity index (χ4n) is 3.14. The standard InChI is InChI=1S/C21H26FN3O2/c1-17-7-2-5-10-20(17)27-16-6-11-23-21(26)25-14-12-24(13-15-25)19-9-4-3-8-18(19)22/h2-5,7-10H,6,11-16H2,1H3,(H,23,26). The summed E-state index contributed by atoms with van der Waals surface area (Å²) in [5, 5.41) is 2.93. The molecule has 144 valence electrons. The Morgan fingerprint density at radius 1 is 1.07 bits per heavy atom. The summed E-state index contributed by atoms with van der Waals surface area (Å²) in [5.74, 6) is 0.664. The highest BCUT2D eigenvalue weighted by atomic mass is 19.1. The van der Waals surface area contributed by atoms with Crippen molar-refractivity contribution in [1.29, 1.82) is 0 Å². The van der Waals surface area contributed by atoms with Gasteiger partial charge in [0.05, 0.1) is 12.3 Å². The van der Waals surface area contributed by atoms with Crippen LogP contribution in [0.1, 0.15) is 12.0 Å². The molecule has 3 rings (SSSR count). The molecule has 0 unspecified atom stereocenters. The summed E-state index contributed by atoms with van der Waals surface area (Å²) in [6.07, 6.45) is 0.745. The van der Waals surface area contributed by atoms with Crippen molar-refractivity contribution in [2.45, 2.75) is 13.3 Å². The SMILES string of the molecule is Cc1ccccc1OCCCNC(=O)N1CCN(c2ccccc2F)CC1. The molecule has 2 aromatic rings. The van der Waals surface area contributed by atoms with Crippen molar-refractivity contribution in [1.82, 2.24) is 10.2 Å². The normalized spacial score (nSPS) is 14.1. The summed E-state index contributed by atoms with van der Waals surface area (Å²) >= 11 is 0. The van der Waals surface area contributed by atoms with Crippen molar-refractivity contribution >= 4 is 11.7 Å². The number of benzene rings is 2. The number of halogens is 1. The average molecular weight is 371 g/mol. The van der Waals surface area contributed by atoms with Crippen molar-refractivity contribution in [3.8, 4) is 5.75 Å². The van der Waals surface area contributed by atoms with E-state index in [4.69, 9.17) is 4.74 Å². The number of nitrogens with zero attached hydrogens (tertiary/aromatic N) is 2. The topological polar surface area (TPSA) is 44.8 Å². The minimum atomic E-state index is -0.218. The first-order chi connectivity index (χ1) is 13.1. The lowest BCUT2D eigenvalue weighted by Crippen LogP contribution is -2.52. The average Bonchev–Trinajstić information content (AvgIpc) is 2.69. The van der Waals surface area contributed by atoms with Crippen LogP contribution >= 0.6 is 0 Å². The maximum Gasteiger partial charge on any atom is 0.317 e. The summed E-state index contributed by atoms with van der Waals surface area (Å²) < 4.78 is 19.6. The largest absolute Gasteiger partial charge is 0.493 e. The number of urea groups is 1. The van der Waals surface area contributed by atoms with Gasteiger partial charge in [-0.05, 0) is 37.1 Å². The van der Waals surface area contributed by atoms with E-state index in [9.17, 15) is 9.18 Å². The Balaban J connectivity index is 1.35. The number of aryl methyl sites for hydroxylation is 1. The third-order valence-electron chi connectivity index (χ3n) is 4.71. The van der Waals surface area contributed by atoms with Crippen molar-refractivity contribution in [2.24, 2.45) is 0 Å². The van der Waals surface area contributed by atoms with E-state index in [1.165, 1.54) is 6.07 Å². The zero-order valence-corrected chi connectivity index (χ0v) is 15.7. The third kappa shape index (κ3) is 5.12. The lowest BCUT2D eigenvalue weighted by atomic mass is 10.2. The van der Waals surface area contributed by atoms with E-state index in [2.05, 4.69) is 5.32 Å². The van der Waals surface area contributed by atoms with Gasteiger partial charge in [0.2, 0.25) is 0 Å². The summed E-state index contributed by atoms with van der Waals surface area (Å²) in [6.45, 7) is 5.57. The van der Waals surface area contributed by atoms with Crippen LogP contribution in [0.2, 0.25) is 0 Å². The van der Waals surface area contributed by atoms with Gasteiger partial charge in [0.25, 0.3) is 0 Å². The Hall–Kier alpha value is -2.76. The van der Waals surface area contributed by atoms with Crippen LogP contribution in [-0.4, -0.2) is 50.3 Å². The number of anilines is 1. The van der Waals surface area contributed by atoms with Crippen LogP contribution in [0.5, 0.6) is 5.75 Å². The lowest BCUT2D eigenvalue weighted by Gasteiger charge is -2.36. The molecule has 2 aromatic carbocycles. The highest BCUT2D eigenvalue weighted by Gasteiger charge is 2.22. The highest BCUT2D eigenvalue weighted by Crippen LogP contribution is 2.20. The molecule has 0 aliphatic carbocycles. The molecule has 0 aromatic heterocycles. The molecule has 2 amide bonds. The zero-order valence-electron chi connectivity index (χ0n) is 15.7. The van der Waals surface area contributed by atoms with Gasteiger partial charge in [-0.15, -0.1) is 0 Å². The van der Waals surface area contributed by atoms with E-state index in [-0.39, 0.29) is 11.8 Å². The predicted octanol–water partition coefficient (Wildman–Crippen LogP) is 3.43. The first-order valence-electron chi connectivity index (χ1n) is 9.36. The number of hydrogen-bond donors (Lipinski definition) is 1. The second-order valence-electron chi connectivity index (χ2n) is 6.62. The molecule has 27 heavy (non-hydrogen) atoms. The van der Waals surface area contributed by atoms with E-state index in [0.29, 0.717) is 45.0 Å². The quantitative estimate of drug-likeness (QED) is 0.792. The maximum atomic E-state index is 13.9. The molecule has 1 N–H and O–H groups in total. The smallest absolute Gasteiger partial charge is 0.317 e. The van der Waals surface area contributed by atoms with Gasteiger partial charge in [-0.1, -0.05) is 30.3 Å². The molecule has 5 nitrogen and oxygen atoms in total. The predicted molar refractivity (Wildman–Crippen MR) is 105 cm³/mol. The first kappa shape index (κ1) is 19.0. The van der Waals surface area contributed by atoms with Crippen molar-refractivity contribution in [3.05, 3.63) is 59.9 Å². The first-order valence-corrected chi connectivity index (χ1v) is 9.36. The Bertz CT molecular complexity index is 761. The molecule has 0 spiro atoms. The molecule has 1 aliphatic heterocycles. The molecule has 1 fully saturated rings. The van der Waals surface area contributed by atoms with Crippen LogP contribution in [0.25, 0.3) is 0 Å². The Morgan fingerprint density at radius 3 is 2.52 bits per heavy atom. The van der Waals surface area contributed by atoms with Crippen LogP contribution in [-0.2, 0) is 0 Å². The second-order valence-corrected chi connectivity index (χ2v) is 6.62. The molecular formula is C21H26FN3O2. The number of amides is 2. The van der Waals surface area contributed by atoms with Gasteiger partial charge in [-0.25, -0.2) is 9.18 Å². The highest BCUT2D eigenvalue weighted by molar-refractivity contribution is 5.74. The van der Waals surface area contributed by atoms with Gasteiger partial charge in [0, 0.05) is 32.7 Å². The number of carbonyl (C=O) groups is 1. The molecule has 0 atom stereocenters. The van der Waals surface area contributed by atoms with Crippen molar-refractivity contribution < 1.29 is 13.9 Å². The second kappa shape index (κ2) is 9.26. The van der Waals surface area contributed by atoms with E-state index in [1.807, 2.05) is 42.2 Å². The summed E-state index contributed by atoms with van der Waals surface area (Å²) in [7, 11) is 0. The Labute approximate surface area is 159 Å². The molecule has 0 bridgehead atoms. The van der Waals surface area contributed by atoms with Crippen molar-refractivity contribution in [2.75, 3.05) is 44.2 Å². The van der Waals surface area contributed by atoms with Crippen LogP contribution in [0.3, 0.4) is 0 Å². The van der Waals surface area contributed by atoms with Gasteiger partial charge in [-0.2, -0.15) is 0 Å². The zero-order chi connectivity index (χ0) is 19.1. The molecule has 1 saturated heterocycles. The number of rotatable bonds is 6. The number of hydrogen-bond acceptors (Lipinski definition) is 3. The van der Waals surface area contributed by atoms with Crippen LogP contribution in [0, 0.1) is 12.7 Å². The van der Waals surface area contributed by atoms with Gasteiger partial charge in [0.1, 0.15) is 11.6 Å². The van der Waals surface area contributed by atoms with Gasteiger partial charge in [-0.3, -0.25) is 0 Å². The number of ether oxygens (including phenoxy) is 1. The molecule has 1 aliphatic rings. The van der Waals surface area contributed by atoms with Crippen LogP contribution in [0.15, 0.2) is 48.5 Å². The number of piperazine rings is 1. The molecule has 0 saturated carbocycles. The maximum absolute atomic E-state index is 13.9. The fourth-order valence-corrected chi connectivity index (χ4v) is 3.14. The minimum absolute atomic E-state index is 0.0703. The third-order valence-corrected chi connectivity index (χ3v) is 4.71. The fraction of sp³-hybridized carbons (Fsp3) is 0.381. The number of para-hydroxylation sites is 2. The van der Waals surface area contributed by atoms with E-state index >= 15 is 0 Å².